The van der Waals surface area contributed by atoms with Gasteiger partial charge in [-0.05, 0) is 6.92 Å². The van der Waals surface area contributed by atoms with Gasteiger partial charge in [0.15, 0.2) is 12.4 Å². The van der Waals surface area contributed by atoms with Gasteiger partial charge >= 0.3 is 5.69 Å². The second-order valence-electron chi connectivity index (χ2n) is 4.52. The summed E-state index contributed by atoms with van der Waals surface area (Å²) in [4.78, 5) is 24.9. The van der Waals surface area contributed by atoms with Crippen molar-refractivity contribution in [1.29, 1.82) is 0 Å². The molecule has 3 N–H and O–H groups in total. The Morgan fingerprint density at radius 3 is 2.63 bits per heavy atom. The lowest BCUT2D eigenvalue weighted by molar-refractivity contribution is -0.0442. The van der Waals surface area contributed by atoms with E-state index in [1.54, 1.807) is 0 Å². The molecule has 7 nitrogen and oxygen atoms in total. The van der Waals surface area contributed by atoms with Crippen LogP contribution in [0.15, 0.2) is 15.8 Å². The molecule has 0 amide bonds. The van der Waals surface area contributed by atoms with Crippen molar-refractivity contribution >= 4 is 0 Å². The molecule has 8 heteroatoms. The molecule has 0 spiro atoms. The molecule has 0 radical (unpaired) electrons. The Morgan fingerprint density at radius 2 is 2.11 bits per heavy atom. The summed E-state index contributed by atoms with van der Waals surface area (Å²) in [5.41, 5.74) is -1.10. The number of alkyl halides is 1. The van der Waals surface area contributed by atoms with Crippen LogP contribution in [0.25, 0.3) is 0 Å². The fraction of sp³-hybridized carbons (Fsp3) is 0.636. The smallest absolute Gasteiger partial charge is 0.330 e. The van der Waals surface area contributed by atoms with Crippen LogP contribution in [0.2, 0.25) is 0 Å². The van der Waals surface area contributed by atoms with E-state index >= 15 is 0 Å². The fourth-order valence-electron chi connectivity index (χ4n) is 2.16. The van der Waals surface area contributed by atoms with Crippen LogP contribution < -0.4 is 11.2 Å². The predicted octanol–water partition coefficient (Wildman–Crippen LogP) is -1.32. The van der Waals surface area contributed by atoms with Crippen molar-refractivity contribution in [2.45, 2.75) is 25.4 Å². The third kappa shape index (κ3) is 2.34. The first kappa shape index (κ1) is 13.9. The molecular weight excluding hydrogens is 259 g/mol. The van der Waals surface area contributed by atoms with Crippen LogP contribution in [0.4, 0.5) is 4.39 Å². The topological polar surface area (TPSA) is 105 Å². The van der Waals surface area contributed by atoms with Crippen molar-refractivity contribution in [3.8, 4) is 0 Å². The number of aryl methyl sites for hydroxylation is 1. The fourth-order valence-corrected chi connectivity index (χ4v) is 2.16. The summed E-state index contributed by atoms with van der Waals surface area (Å²) < 4.78 is 20.3. The quantitative estimate of drug-likeness (QED) is 0.634. The summed E-state index contributed by atoms with van der Waals surface area (Å²) in [6, 6.07) is 0. The maximum Gasteiger partial charge on any atom is 0.330 e. The molecule has 1 aromatic rings. The zero-order valence-electron chi connectivity index (χ0n) is 10.2. The summed E-state index contributed by atoms with van der Waals surface area (Å²) in [7, 11) is 0. The number of hydrogen-bond acceptors (Lipinski definition) is 5. The molecule has 0 aliphatic carbocycles. The van der Waals surface area contributed by atoms with Crippen LogP contribution in [0.1, 0.15) is 11.8 Å². The number of aromatic nitrogens is 2. The van der Waals surface area contributed by atoms with Gasteiger partial charge in [0, 0.05) is 17.7 Å². The maximum atomic E-state index is 14.1. The highest BCUT2D eigenvalue weighted by Gasteiger charge is 2.45. The first-order chi connectivity index (χ1) is 8.99. The first-order valence-electron chi connectivity index (χ1n) is 5.83. The molecule has 2 heterocycles. The lowest BCUT2D eigenvalue weighted by Gasteiger charge is -2.16. The molecule has 0 saturated carbocycles. The third-order valence-corrected chi connectivity index (χ3v) is 3.28. The summed E-state index contributed by atoms with van der Waals surface area (Å²) in [6.07, 6.45) is -2.60. The van der Waals surface area contributed by atoms with Gasteiger partial charge in [-0.25, -0.2) is 9.18 Å². The van der Waals surface area contributed by atoms with E-state index in [0.717, 1.165) is 4.57 Å². The number of hydrogen-bond donors (Lipinski definition) is 3. The van der Waals surface area contributed by atoms with Gasteiger partial charge in [0.1, 0.15) is 0 Å². The Kier molecular flexibility index (Phi) is 3.83. The number of ether oxygens (including phenoxy) is 1. The predicted molar refractivity (Wildman–Crippen MR) is 62.5 cm³/mol. The van der Waals surface area contributed by atoms with Crippen molar-refractivity contribution < 1.29 is 19.3 Å². The van der Waals surface area contributed by atoms with Crippen LogP contribution in [0.3, 0.4) is 0 Å². The number of aliphatic hydroxyl groups excluding tert-OH is 2. The maximum absolute atomic E-state index is 14.1. The average molecular weight is 274 g/mol. The molecule has 19 heavy (non-hydrogen) atoms. The minimum absolute atomic E-state index is 0.239. The molecule has 0 unspecified atom stereocenters. The van der Waals surface area contributed by atoms with Gasteiger partial charge in [0.05, 0.1) is 19.3 Å². The number of aromatic amines is 1. The highest BCUT2D eigenvalue weighted by atomic mass is 19.1. The Morgan fingerprint density at radius 1 is 1.42 bits per heavy atom. The number of nitrogens with zero attached hydrogens (tertiary/aromatic N) is 1. The Hall–Kier alpha value is -1.51. The van der Waals surface area contributed by atoms with E-state index in [9.17, 15) is 14.0 Å². The van der Waals surface area contributed by atoms with Gasteiger partial charge in [-0.15, -0.1) is 0 Å². The van der Waals surface area contributed by atoms with E-state index in [-0.39, 0.29) is 5.56 Å². The third-order valence-electron chi connectivity index (χ3n) is 3.28. The van der Waals surface area contributed by atoms with Gasteiger partial charge in [0.2, 0.25) is 0 Å². The number of H-pyrrole nitrogens is 1. The summed E-state index contributed by atoms with van der Waals surface area (Å²) in [6.45, 7) is 0.517. The lowest BCUT2D eigenvalue weighted by atomic mass is 10.0. The van der Waals surface area contributed by atoms with E-state index < -0.39 is 48.9 Å². The van der Waals surface area contributed by atoms with E-state index in [4.69, 9.17) is 14.9 Å². The van der Waals surface area contributed by atoms with Crippen molar-refractivity contribution in [3.05, 3.63) is 32.6 Å². The van der Waals surface area contributed by atoms with Crippen LogP contribution in [-0.2, 0) is 4.74 Å². The SMILES string of the molecule is Cc1cn([C@H]2O[C@H](CO)[C@H](CO)[C@@H]2F)c(=O)[nH]c1=O. The highest BCUT2D eigenvalue weighted by Crippen LogP contribution is 2.35. The molecule has 1 fully saturated rings. The Bertz CT molecular complexity index is 569. The minimum Gasteiger partial charge on any atom is -0.396 e. The highest BCUT2D eigenvalue weighted by molar-refractivity contribution is 5.03. The van der Waals surface area contributed by atoms with E-state index in [0.29, 0.717) is 0 Å². The minimum atomic E-state index is -1.65. The van der Waals surface area contributed by atoms with Crippen LogP contribution >= 0.6 is 0 Å². The van der Waals surface area contributed by atoms with Gasteiger partial charge in [-0.3, -0.25) is 14.3 Å². The molecule has 4 atom stereocenters. The standard InChI is InChI=1S/C11H15FN2O5/c1-5-2-14(11(18)13-9(5)17)10-8(12)6(3-15)7(4-16)19-10/h2,6-8,10,15-16H,3-4H2,1H3,(H,13,17,18)/t6-,7+,8-,10-/m0/s1. The molecule has 0 bridgehead atoms. The van der Waals surface area contributed by atoms with Gasteiger partial charge in [0.25, 0.3) is 5.56 Å². The molecule has 1 saturated heterocycles. The van der Waals surface area contributed by atoms with Crippen molar-refractivity contribution in [3.63, 3.8) is 0 Å². The van der Waals surface area contributed by atoms with Gasteiger partial charge < -0.3 is 14.9 Å². The van der Waals surface area contributed by atoms with Gasteiger partial charge in [-0.2, -0.15) is 0 Å². The largest absolute Gasteiger partial charge is 0.396 e. The average Bonchev–Trinajstić information content (AvgIpc) is 2.70. The molecule has 0 aromatic carbocycles. The summed E-state index contributed by atoms with van der Waals surface area (Å²) in [5.74, 6) is -0.908. The number of nitrogens with one attached hydrogen (secondary N) is 1. The first-order valence-corrected chi connectivity index (χ1v) is 5.83. The molecule has 2 rings (SSSR count). The Labute approximate surface area is 107 Å². The summed E-state index contributed by atoms with van der Waals surface area (Å²) >= 11 is 0. The van der Waals surface area contributed by atoms with E-state index in [2.05, 4.69) is 4.98 Å². The molecule has 1 aromatic heterocycles. The number of rotatable bonds is 3. The zero-order valence-corrected chi connectivity index (χ0v) is 10.2. The number of aliphatic hydroxyl groups is 2. The molecule has 106 valence electrons. The molecule has 1 aliphatic rings. The van der Waals surface area contributed by atoms with Crippen molar-refractivity contribution in [2.24, 2.45) is 5.92 Å². The zero-order chi connectivity index (χ0) is 14.2. The second kappa shape index (κ2) is 5.24. The summed E-state index contributed by atoms with van der Waals surface area (Å²) in [5, 5.41) is 18.2. The van der Waals surface area contributed by atoms with Crippen LogP contribution in [0, 0.1) is 12.8 Å². The van der Waals surface area contributed by atoms with Crippen LogP contribution in [0.5, 0.6) is 0 Å². The second-order valence-corrected chi connectivity index (χ2v) is 4.52. The molecule has 1 aliphatic heterocycles. The Balaban J connectivity index is 2.41. The van der Waals surface area contributed by atoms with Gasteiger partial charge in [-0.1, -0.05) is 0 Å². The monoisotopic (exact) mass is 274 g/mol. The normalized spacial score (nSPS) is 30.7. The number of halogens is 1. The van der Waals surface area contributed by atoms with Crippen LogP contribution in [-0.4, -0.2) is 45.3 Å². The van der Waals surface area contributed by atoms with Crippen molar-refractivity contribution in [1.82, 2.24) is 9.55 Å². The van der Waals surface area contributed by atoms with E-state index in [1.807, 2.05) is 0 Å². The lowest BCUT2D eigenvalue weighted by Crippen LogP contribution is -2.36. The van der Waals surface area contributed by atoms with Crippen molar-refractivity contribution in [2.75, 3.05) is 13.2 Å². The molecular formula is C11H15FN2O5. The van der Waals surface area contributed by atoms with E-state index in [1.165, 1.54) is 13.1 Å².